The lowest BCUT2D eigenvalue weighted by Crippen LogP contribution is -2.06. The minimum absolute atomic E-state index is 0.0912. The fourth-order valence-corrected chi connectivity index (χ4v) is 2.40. The number of benzene rings is 1. The van der Waals surface area contributed by atoms with Crippen molar-refractivity contribution in [2.45, 2.75) is 13.3 Å². The van der Waals surface area contributed by atoms with Gasteiger partial charge in [0.15, 0.2) is 5.78 Å². The largest absolute Gasteiger partial charge is 0.456 e. The fourth-order valence-electron chi connectivity index (χ4n) is 2.19. The first kappa shape index (κ1) is 16.1. The maximum absolute atomic E-state index is 12.4. The van der Waals surface area contributed by atoms with Gasteiger partial charge in [0.2, 0.25) is 0 Å². The molecule has 0 N–H and O–H groups in total. The second kappa shape index (κ2) is 7.23. The van der Waals surface area contributed by atoms with E-state index in [0.29, 0.717) is 22.2 Å². The first-order valence-electron chi connectivity index (χ1n) is 7.44. The van der Waals surface area contributed by atoms with E-state index in [1.165, 1.54) is 0 Å². The molecular formula is C19H15ClN2O2. The number of ketones is 1. The van der Waals surface area contributed by atoms with E-state index >= 15 is 0 Å². The van der Waals surface area contributed by atoms with E-state index in [4.69, 9.17) is 16.3 Å². The van der Waals surface area contributed by atoms with Crippen molar-refractivity contribution in [1.82, 2.24) is 9.97 Å². The molecule has 24 heavy (non-hydrogen) atoms. The molecule has 0 amide bonds. The molecule has 120 valence electrons. The zero-order valence-electron chi connectivity index (χ0n) is 13.1. The van der Waals surface area contributed by atoms with Gasteiger partial charge < -0.3 is 4.74 Å². The Labute approximate surface area is 145 Å². The Morgan fingerprint density at radius 1 is 1.12 bits per heavy atom. The van der Waals surface area contributed by atoms with E-state index in [1.54, 1.807) is 42.9 Å². The van der Waals surface area contributed by atoms with Gasteiger partial charge in [0.05, 0.1) is 6.20 Å². The summed E-state index contributed by atoms with van der Waals surface area (Å²) in [5.74, 6) is 1.06. The summed E-state index contributed by atoms with van der Waals surface area (Å²) in [6.45, 7) is 1.93. The Morgan fingerprint density at radius 3 is 2.75 bits per heavy atom. The zero-order chi connectivity index (χ0) is 16.9. The molecule has 0 saturated heterocycles. The van der Waals surface area contributed by atoms with Crippen LogP contribution in [0.25, 0.3) is 0 Å². The number of carbonyl (C=O) groups excluding carboxylic acids is 1. The Hall–Kier alpha value is -2.72. The van der Waals surface area contributed by atoms with Crippen LogP contribution < -0.4 is 4.74 Å². The van der Waals surface area contributed by atoms with Crippen LogP contribution in [-0.2, 0) is 6.42 Å². The van der Waals surface area contributed by atoms with Crippen LogP contribution in [0.2, 0.25) is 5.02 Å². The van der Waals surface area contributed by atoms with Crippen molar-refractivity contribution in [2.75, 3.05) is 0 Å². The molecule has 0 atom stereocenters. The molecule has 2 aromatic heterocycles. The topological polar surface area (TPSA) is 52.1 Å². The summed E-state index contributed by atoms with van der Waals surface area (Å²) < 4.78 is 5.68. The van der Waals surface area contributed by atoms with Crippen LogP contribution >= 0.6 is 11.6 Å². The van der Waals surface area contributed by atoms with Gasteiger partial charge in [-0.3, -0.25) is 14.8 Å². The molecule has 0 saturated carbocycles. The molecule has 0 aliphatic carbocycles. The minimum atomic E-state index is -0.0912. The lowest BCUT2D eigenvalue weighted by atomic mass is 10.0. The standard InChI is InChI=1S/C19H15ClN2O2/c1-13-4-5-14(9-17(13)20)10-19(23)18-11-15(6-8-22-18)24-16-3-2-7-21-12-16/h2-9,11-12H,10H2,1H3. The number of carbonyl (C=O) groups is 1. The molecule has 0 aliphatic rings. The highest BCUT2D eigenvalue weighted by atomic mass is 35.5. The SMILES string of the molecule is Cc1ccc(CC(=O)c2cc(Oc3cccnc3)ccn2)cc1Cl. The number of pyridine rings is 2. The molecule has 3 aromatic rings. The van der Waals surface area contributed by atoms with Crippen molar-refractivity contribution in [3.8, 4) is 11.5 Å². The lowest BCUT2D eigenvalue weighted by Gasteiger charge is -2.07. The van der Waals surface area contributed by atoms with Crippen LogP contribution in [0.1, 0.15) is 21.6 Å². The molecule has 0 unspecified atom stereocenters. The number of hydrogen-bond donors (Lipinski definition) is 0. The van der Waals surface area contributed by atoms with Gasteiger partial charge in [0.1, 0.15) is 17.2 Å². The van der Waals surface area contributed by atoms with E-state index < -0.39 is 0 Å². The minimum Gasteiger partial charge on any atom is -0.456 e. The van der Waals surface area contributed by atoms with E-state index in [9.17, 15) is 4.79 Å². The number of aryl methyl sites for hydroxylation is 1. The predicted octanol–water partition coefficient (Wildman–Crippen LogP) is 4.66. The third-order valence-corrected chi connectivity index (χ3v) is 3.90. The second-order valence-corrected chi connectivity index (χ2v) is 5.76. The van der Waals surface area contributed by atoms with Crippen LogP contribution in [-0.4, -0.2) is 15.8 Å². The average molecular weight is 339 g/mol. The van der Waals surface area contributed by atoms with Crippen molar-refractivity contribution in [1.29, 1.82) is 0 Å². The van der Waals surface area contributed by atoms with Crippen molar-refractivity contribution < 1.29 is 9.53 Å². The first-order valence-corrected chi connectivity index (χ1v) is 7.82. The zero-order valence-corrected chi connectivity index (χ0v) is 13.8. The number of Topliss-reactive ketones (excluding diaryl/α,β-unsaturated/α-hetero) is 1. The number of halogens is 1. The van der Waals surface area contributed by atoms with Gasteiger partial charge in [-0.1, -0.05) is 23.7 Å². The van der Waals surface area contributed by atoms with Gasteiger partial charge in [-0.2, -0.15) is 0 Å². The lowest BCUT2D eigenvalue weighted by molar-refractivity contribution is 0.0988. The van der Waals surface area contributed by atoms with Crippen molar-refractivity contribution in [3.05, 3.63) is 82.9 Å². The number of rotatable bonds is 5. The summed E-state index contributed by atoms with van der Waals surface area (Å²) in [5.41, 5.74) is 2.20. The highest BCUT2D eigenvalue weighted by Crippen LogP contribution is 2.21. The quantitative estimate of drug-likeness (QED) is 0.635. The molecule has 0 fully saturated rings. The summed E-state index contributed by atoms with van der Waals surface area (Å²) in [5, 5.41) is 0.655. The molecule has 4 nitrogen and oxygen atoms in total. The normalized spacial score (nSPS) is 10.4. The van der Waals surface area contributed by atoms with E-state index in [2.05, 4.69) is 9.97 Å². The maximum atomic E-state index is 12.4. The Morgan fingerprint density at radius 2 is 2.00 bits per heavy atom. The summed E-state index contributed by atoms with van der Waals surface area (Å²) in [6, 6.07) is 12.5. The Bertz CT molecular complexity index is 866. The average Bonchev–Trinajstić information content (AvgIpc) is 2.59. The third kappa shape index (κ3) is 3.97. The second-order valence-electron chi connectivity index (χ2n) is 5.35. The third-order valence-electron chi connectivity index (χ3n) is 3.49. The molecule has 5 heteroatoms. The summed E-state index contributed by atoms with van der Waals surface area (Å²) >= 11 is 6.11. The van der Waals surface area contributed by atoms with Crippen LogP contribution in [0.3, 0.4) is 0 Å². The Kier molecular flexibility index (Phi) is 4.87. The molecule has 1 aromatic carbocycles. The number of nitrogens with zero attached hydrogens (tertiary/aromatic N) is 2. The van der Waals surface area contributed by atoms with Gasteiger partial charge in [0.25, 0.3) is 0 Å². The van der Waals surface area contributed by atoms with Crippen molar-refractivity contribution in [2.24, 2.45) is 0 Å². The van der Waals surface area contributed by atoms with Crippen molar-refractivity contribution in [3.63, 3.8) is 0 Å². The summed E-state index contributed by atoms with van der Waals surface area (Å²) in [6.07, 6.45) is 5.07. The molecule has 2 heterocycles. The monoisotopic (exact) mass is 338 g/mol. The van der Waals surface area contributed by atoms with Gasteiger partial charge in [-0.25, -0.2) is 0 Å². The first-order chi connectivity index (χ1) is 11.6. The highest BCUT2D eigenvalue weighted by molar-refractivity contribution is 6.31. The molecule has 0 aliphatic heterocycles. The number of hydrogen-bond acceptors (Lipinski definition) is 4. The number of ether oxygens (including phenoxy) is 1. The van der Waals surface area contributed by atoms with E-state index in [-0.39, 0.29) is 12.2 Å². The molecule has 0 bridgehead atoms. The van der Waals surface area contributed by atoms with E-state index in [1.807, 2.05) is 25.1 Å². The molecule has 0 radical (unpaired) electrons. The Balaban J connectivity index is 1.75. The fraction of sp³-hybridized carbons (Fsp3) is 0.105. The highest BCUT2D eigenvalue weighted by Gasteiger charge is 2.11. The maximum Gasteiger partial charge on any atom is 0.185 e. The van der Waals surface area contributed by atoms with Crippen LogP contribution in [0, 0.1) is 6.92 Å². The molecular weight excluding hydrogens is 324 g/mol. The molecule has 3 rings (SSSR count). The summed E-state index contributed by atoms with van der Waals surface area (Å²) in [7, 11) is 0. The van der Waals surface area contributed by atoms with Crippen LogP contribution in [0.5, 0.6) is 11.5 Å². The molecule has 0 spiro atoms. The smallest absolute Gasteiger partial charge is 0.185 e. The van der Waals surface area contributed by atoms with Gasteiger partial charge in [0, 0.05) is 29.9 Å². The number of aromatic nitrogens is 2. The van der Waals surface area contributed by atoms with Crippen LogP contribution in [0.4, 0.5) is 0 Å². The van der Waals surface area contributed by atoms with Gasteiger partial charge in [-0.15, -0.1) is 0 Å². The predicted molar refractivity (Wildman–Crippen MR) is 92.8 cm³/mol. The van der Waals surface area contributed by atoms with Gasteiger partial charge >= 0.3 is 0 Å². The van der Waals surface area contributed by atoms with Gasteiger partial charge in [-0.05, 0) is 42.3 Å². The van der Waals surface area contributed by atoms with Crippen LogP contribution in [0.15, 0.2) is 61.1 Å². The summed E-state index contributed by atoms with van der Waals surface area (Å²) in [4.78, 5) is 20.6. The van der Waals surface area contributed by atoms with Crippen molar-refractivity contribution >= 4 is 17.4 Å². The van der Waals surface area contributed by atoms with E-state index in [0.717, 1.165) is 11.1 Å².